The molecule has 1 atom stereocenters. The molecule has 3 rings (SSSR count). The van der Waals surface area contributed by atoms with E-state index < -0.39 is 6.04 Å². The number of carbonyl (C=O) groups excluding carboxylic acids is 1. The van der Waals surface area contributed by atoms with Crippen LogP contribution < -0.4 is 10.9 Å². The highest BCUT2D eigenvalue weighted by Crippen LogP contribution is 2.16. The number of anilines is 1. The van der Waals surface area contributed by atoms with Crippen molar-refractivity contribution in [1.82, 2.24) is 20.0 Å². The minimum absolute atomic E-state index is 0.344. The van der Waals surface area contributed by atoms with E-state index in [1.54, 1.807) is 31.2 Å². The van der Waals surface area contributed by atoms with Crippen LogP contribution in [-0.2, 0) is 4.79 Å². The van der Waals surface area contributed by atoms with Crippen molar-refractivity contribution in [1.29, 1.82) is 0 Å². The highest BCUT2D eigenvalue weighted by atomic mass is 32.1. The summed E-state index contributed by atoms with van der Waals surface area (Å²) in [4.78, 5) is 28.8. The van der Waals surface area contributed by atoms with Gasteiger partial charge in [-0.2, -0.15) is 4.68 Å². The molecule has 7 nitrogen and oxygen atoms in total. The van der Waals surface area contributed by atoms with Crippen LogP contribution in [0.4, 0.5) is 5.13 Å². The minimum atomic E-state index is -0.784. The Bertz CT molecular complexity index is 901. The summed E-state index contributed by atoms with van der Waals surface area (Å²) in [5.74, 6) is -0.360. The molecule has 0 spiro atoms. The number of nitrogens with one attached hydrogen (secondary N) is 1. The lowest BCUT2D eigenvalue weighted by Gasteiger charge is -2.12. The molecule has 0 aliphatic rings. The average molecular weight is 315 g/mol. The van der Waals surface area contributed by atoms with E-state index in [-0.39, 0.29) is 11.5 Å². The van der Waals surface area contributed by atoms with Crippen molar-refractivity contribution in [3.05, 3.63) is 45.7 Å². The maximum atomic E-state index is 12.4. The Hall–Kier alpha value is -2.61. The zero-order chi connectivity index (χ0) is 15.7. The topological polar surface area (TPSA) is 89.8 Å². The van der Waals surface area contributed by atoms with E-state index in [0.29, 0.717) is 16.0 Å². The number of hydrogen-bond acceptors (Lipinski definition) is 6. The van der Waals surface area contributed by atoms with Crippen molar-refractivity contribution in [3.63, 3.8) is 0 Å². The van der Waals surface area contributed by atoms with Crippen molar-refractivity contribution in [2.45, 2.75) is 19.9 Å². The lowest BCUT2D eigenvalue weighted by atomic mass is 10.2. The first-order valence-electron chi connectivity index (χ1n) is 6.63. The van der Waals surface area contributed by atoms with Crippen LogP contribution in [-0.4, -0.2) is 25.9 Å². The predicted octanol–water partition coefficient (Wildman–Crippen LogP) is 1.76. The molecule has 1 aromatic carbocycles. The molecule has 1 amide bonds. The first-order valence-corrected chi connectivity index (χ1v) is 7.51. The van der Waals surface area contributed by atoms with Crippen LogP contribution in [0.15, 0.2) is 34.4 Å². The number of carbonyl (C=O) groups is 1. The van der Waals surface area contributed by atoms with Crippen LogP contribution >= 0.6 is 11.3 Å². The van der Waals surface area contributed by atoms with Gasteiger partial charge in [0.25, 0.3) is 11.5 Å². The summed E-state index contributed by atoms with van der Waals surface area (Å²) in [6.07, 6.45) is 0. The minimum Gasteiger partial charge on any atom is -0.300 e. The Balaban J connectivity index is 1.91. The van der Waals surface area contributed by atoms with Gasteiger partial charge in [0.1, 0.15) is 11.6 Å². The molecule has 2 aromatic heterocycles. The number of thiazole rings is 1. The van der Waals surface area contributed by atoms with Crippen molar-refractivity contribution >= 4 is 33.3 Å². The number of fused-ring (bicyclic) bond motifs is 1. The van der Waals surface area contributed by atoms with Crippen LogP contribution in [0.1, 0.15) is 18.7 Å². The van der Waals surface area contributed by atoms with E-state index in [9.17, 15) is 9.59 Å². The third-order valence-electron chi connectivity index (χ3n) is 3.19. The largest absolute Gasteiger partial charge is 0.300 e. The molecule has 1 N–H and O–H groups in total. The molecule has 8 heteroatoms. The monoisotopic (exact) mass is 315 g/mol. The molecule has 0 saturated carbocycles. The Morgan fingerprint density at radius 1 is 1.36 bits per heavy atom. The molecule has 0 aliphatic heterocycles. The summed E-state index contributed by atoms with van der Waals surface area (Å²) in [6.45, 7) is 3.44. The first-order chi connectivity index (χ1) is 10.6. The number of rotatable bonds is 3. The summed E-state index contributed by atoms with van der Waals surface area (Å²) in [5, 5.41) is 13.3. The van der Waals surface area contributed by atoms with Gasteiger partial charge in [0.15, 0.2) is 5.13 Å². The van der Waals surface area contributed by atoms with Gasteiger partial charge in [0.05, 0.1) is 11.1 Å². The second-order valence-electron chi connectivity index (χ2n) is 4.82. The van der Waals surface area contributed by atoms with Crippen LogP contribution in [0.25, 0.3) is 10.9 Å². The highest BCUT2D eigenvalue weighted by Gasteiger charge is 2.20. The smallest absolute Gasteiger partial charge is 0.278 e. The Morgan fingerprint density at radius 2 is 2.14 bits per heavy atom. The van der Waals surface area contributed by atoms with E-state index in [4.69, 9.17) is 0 Å². The van der Waals surface area contributed by atoms with E-state index in [2.05, 4.69) is 20.6 Å². The van der Waals surface area contributed by atoms with Crippen LogP contribution in [0, 0.1) is 6.92 Å². The van der Waals surface area contributed by atoms with Gasteiger partial charge >= 0.3 is 0 Å². The number of aryl methyl sites for hydroxylation is 1. The molecular formula is C14H13N5O2S. The van der Waals surface area contributed by atoms with Gasteiger partial charge in [-0.05, 0) is 26.0 Å². The molecule has 0 bridgehead atoms. The third-order valence-corrected chi connectivity index (χ3v) is 4.06. The fourth-order valence-corrected chi connectivity index (χ4v) is 2.68. The van der Waals surface area contributed by atoms with E-state index in [0.717, 1.165) is 10.4 Å². The van der Waals surface area contributed by atoms with E-state index in [1.165, 1.54) is 11.3 Å². The van der Waals surface area contributed by atoms with Crippen molar-refractivity contribution < 1.29 is 4.79 Å². The molecule has 22 heavy (non-hydrogen) atoms. The molecule has 0 unspecified atom stereocenters. The lowest BCUT2D eigenvalue weighted by molar-refractivity contribution is -0.119. The maximum Gasteiger partial charge on any atom is 0.278 e. The van der Waals surface area contributed by atoms with Crippen LogP contribution in [0.2, 0.25) is 0 Å². The molecule has 0 radical (unpaired) electrons. The first kappa shape index (κ1) is 14.3. The molecule has 0 saturated heterocycles. The summed E-state index contributed by atoms with van der Waals surface area (Å²) in [5.41, 5.74) is 0.992. The summed E-state index contributed by atoms with van der Waals surface area (Å²) >= 11 is 1.33. The van der Waals surface area contributed by atoms with Crippen LogP contribution in [0.3, 0.4) is 0 Å². The number of hydrogen-bond donors (Lipinski definition) is 1. The van der Waals surface area contributed by atoms with Gasteiger partial charge in [-0.25, -0.2) is 4.98 Å². The number of nitrogens with zero attached hydrogens (tertiary/aromatic N) is 4. The SMILES string of the molecule is Cc1csc(NC(=O)[C@H](C)n2nnc3ccccc3c2=O)n1. The normalized spacial score (nSPS) is 12.3. The molecular weight excluding hydrogens is 302 g/mol. The van der Waals surface area contributed by atoms with Gasteiger partial charge in [0.2, 0.25) is 0 Å². The van der Waals surface area contributed by atoms with Crippen LogP contribution in [0.5, 0.6) is 0 Å². The zero-order valence-electron chi connectivity index (χ0n) is 12.0. The van der Waals surface area contributed by atoms with Gasteiger partial charge in [-0.15, -0.1) is 16.4 Å². The quantitative estimate of drug-likeness (QED) is 0.795. The number of aromatic nitrogens is 4. The second-order valence-corrected chi connectivity index (χ2v) is 5.67. The van der Waals surface area contributed by atoms with E-state index in [1.807, 2.05) is 12.3 Å². The summed E-state index contributed by atoms with van der Waals surface area (Å²) in [7, 11) is 0. The Kier molecular flexibility index (Phi) is 3.68. The maximum absolute atomic E-state index is 12.4. The average Bonchev–Trinajstić information content (AvgIpc) is 2.92. The summed E-state index contributed by atoms with van der Waals surface area (Å²) < 4.78 is 1.08. The number of benzene rings is 1. The summed E-state index contributed by atoms with van der Waals surface area (Å²) in [6, 6.07) is 6.11. The molecule has 2 heterocycles. The van der Waals surface area contributed by atoms with Gasteiger partial charge in [-0.1, -0.05) is 17.3 Å². The Morgan fingerprint density at radius 3 is 2.86 bits per heavy atom. The van der Waals surface area contributed by atoms with Gasteiger partial charge in [-0.3, -0.25) is 9.59 Å². The molecule has 3 aromatic rings. The highest BCUT2D eigenvalue weighted by molar-refractivity contribution is 7.13. The number of amides is 1. The molecule has 112 valence electrons. The second kappa shape index (κ2) is 5.64. The predicted molar refractivity (Wildman–Crippen MR) is 84.0 cm³/mol. The zero-order valence-corrected chi connectivity index (χ0v) is 12.8. The molecule has 0 aliphatic carbocycles. The van der Waals surface area contributed by atoms with Crippen molar-refractivity contribution in [2.75, 3.05) is 5.32 Å². The molecule has 0 fully saturated rings. The Labute approximate surface area is 129 Å². The standard InChI is InChI=1S/C14H13N5O2S/c1-8-7-22-14(15-8)16-12(20)9(2)19-13(21)10-5-3-4-6-11(10)17-18-19/h3-7,9H,1-2H3,(H,15,16,20)/t9-/m0/s1. The fourth-order valence-electron chi connectivity index (χ4n) is 1.99. The fraction of sp³-hybridized carbons (Fsp3) is 0.214. The lowest BCUT2D eigenvalue weighted by Crippen LogP contribution is -2.34. The van der Waals surface area contributed by atoms with E-state index >= 15 is 0 Å². The van der Waals surface area contributed by atoms with Gasteiger partial charge < -0.3 is 5.32 Å². The van der Waals surface area contributed by atoms with Crippen molar-refractivity contribution in [2.24, 2.45) is 0 Å². The van der Waals surface area contributed by atoms with Gasteiger partial charge in [0, 0.05) is 5.38 Å². The third kappa shape index (κ3) is 2.60. The van der Waals surface area contributed by atoms with Crippen molar-refractivity contribution in [3.8, 4) is 0 Å².